The molecule has 0 atom stereocenters. The minimum Gasteiger partial charge on any atom is -0.444 e. The zero-order chi connectivity index (χ0) is 32.0. The van der Waals surface area contributed by atoms with Gasteiger partial charge in [-0.05, 0) is 62.9 Å². The minimum atomic E-state index is -0.740. The molecule has 4 aromatic rings. The molecule has 0 aliphatic carbocycles. The number of likely N-dealkylation sites (tertiary alicyclic amines) is 1. The Balaban J connectivity index is 1.50. The number of aromatic nitrogens is 6. The smallest absolute Gasteiger partial charge is 0.410 e. The van der Waals surface area contributed by atoms with Crippen LogP contribution in [0.4, 0.5) is 16.3 Å². The van der Waals surface area contributed by atoms with Crippen LogP contribution >= 0.6 is 0 Å². The van der Waals surface area contributed by atoms with E-state index in [1.54, 1.807) is 38.9 Å². The molecule has 0 radical (unpaired) electrons. The Hall–Kier alpha value is -5.52. The average Bonchev–Trinajstić information content (AvgIpc) is 3.64. The van der Waals surface area contributed by atoms with Gasteiger partial charge in [0.25, 0.3) is 5.56 Å². The summed E-state index contributed by atoms with van der Waals surface area (Å²) in [6.45, 7) is 7.09. The lowest BCUT2D eigenvalue weighted by Crippen LogP contribution is -2.49. The Morgan fingerprint density at radius 2 is 2.04 bits per heavy atom. The Bertz CT molecular complexity index is 1790. The van der Waals surface area contributed by atoms with Crippen molar-refractivity contribution in [1.29, 1.82) is 10.7 Å². The van der Waals surface area contributed by atoms with Crippen molar-refractivity contribution >= 4 is 40.9 Å². The second kappa shape index (κ2) is 13.0. The molecule has 4 heterocycles. The highest BCUT2D eigenvalue weighted by atomic mass is 16.6. The molecule has 15 nitrogen and oxygen atoms in total. The monoisotopic (exact) mass is 612 g/mol. The SMILES string of the molecule is CC(C)(C)OC(=O)N1CCC(CC#N)(n2nc(Nc3cc(CN/N=C\C=N)cc(Cn4ccnn4)c3)c3c(=O)[nH]ccc32)CC1. The van der Waals surface area contributed by atoms with E-state index in [0.29, 0.717) is 61.4 Å². The van der Waals surface area contributed by atoms with Crippen LogP contribution in [-0.4, -0.2) is 71.9 Å². The second-order valence-corrected chi connectivity index (χ2v) is 11.9. The van der Waals surface area contributed by atoms with Crippen molar-refractivity contribution in [3.63, 3.8) is 0 Å². The van der Waals surface area contributed by atoms with Gasteiger partial charge in [0.05, 0.1) is 49.0 Å². The van der Waals surface area contributed by atoms with Crippen molar-refractivity contribution < 1.29 is 9.53 Å². The average molecular weight is 613 g/mol. The maximum Gasteiger partial charge on any atom is 0.410 e. The number of piperidine rings is 1. The van der Waals surface area contributed by atoms with E-state index >= 15 is 0 Å². The van der Waals surface area contributed by atoms with Crippen LogP contribution in [0.5, 0.6) is 0 Å². The predicted molar refractivity (Wildman–Crippen MR) is 169 cm³/mol. The third-order valence-corrected chi connectivity index (χ3v) is 7.46. The Morgan fingerprint density at radius 1 is 1.27 bits per heavy atom. The van der Waals surface area contributed by atoms with E-state index < -0.39 is 17.2 Å². The van der Waals surface area contributed by atoms with Gasteiger partial charge in [-0.25, -0.2) is 9.48 Å². The number of nitrogens with zero attached hydrogens (tertiary/aromatic N) is 8. The number of carbonyl (C=O) groups is 1. The number of benzene rings is 1. The van der Waals surface area contributed by atoms with E-state index in [2.05, 4.69) is 37.2 Å². The number of nitrogens with one attached hydrogen (secondary N) is 4. The summed E-state index contributed by atoms with van der Waals surface area (Å²) in [7, 11) is 0. The Morgan fingerprint density at radius 3 is 2.73 bits per heavy atom. The summed E-state index contributed by atoms with van der Waals surface area (Å²) in [5.74, 6) is 0.345. The van der Waals surface area contributed by atoms with Gasteiger partial charge in [-0.1, -0.05) is 11.3 Å². The number of aromatic amines is 1. The lowest BCUT2D eigenvalue weighted by atomic mass is 9.85. The van der Waals surface area contributed by atoms with E-state index in [1.165, 1.54) is 6.21 Å². The van der Waals surface area contributed by atoms with Gasteiger partial charge >= 0.3 is 6.09 Å². The van der Waals surface area contributed by atoms with Crippen LogP contribution < -0.4 is 16.3 Å². The predicted octanol–water partition coefficient (Wildman–Crippen LogP) is 3.47. The highest BCUT2D eigenvalue weighted by molar-refractivity contribution is 6.14. The van der Waals surface area contributed by atoms with Crippen molar-refractivity contribution in [3.05, 3.63) is 64.3 Å². The van der Waals surface area contributed by atoms with Gasteiger partial charge in [0.1, 0.15) is 11.0 Å². The first-order valence-electron chi connectivity index (χ1n) is 14.6. The quantitative estimate of drug-likeness (QED) is 0.153. The van der Waals surface area contributed by atoms with Crippen LogP contribution in [-0.2, 0) is 23.4 Å². The van der Waals surface area contributed by atoms with Crippen LogP contribution in [0.2, 0.25) is 0 Å². The van der Waals surface area contributed by atoms with E-state index in [-0.39, 0.29) is 12.0 Å². The summed E-state index contributed by atoms with van der Waals surface area (Å²) >= 11 is 0. The molecule has 45 heavy (non-hydrogen) atoms. The number of rotatable bonds is 10. The van der Waals surface area contributed by atoms with Crippen molar-refractivity contribution in [3.8, 4) is 6.07 Å². The van der Waals surface area contributed by atoms with Crippen LogP contribution in [0.1, 0.15) is 51.2 Å². The number of amides is 1. The number of hydrogen-bond acceptors (Lipinski definition) is 11. The molecule has 0 spiro atoms. The highest BCUT2D eigenvalue weighted by Gasteiger charge is 2.41. The molecule has 15 heteroatoms. The minimum absolute atomic E-state index is 0.150. The molecule has 0 saturated carbocycles. The van der Waals surface area contributed by atoms with Crippen LogP contribution in [0, 0.1) is 16.7 Å². The van der Waals surface area contributed by atoms with Gasteiger partial charge in [0.2, 0.25) is 0 Å². The maximum atomic E-state index is 13.2. The summed E-state index contributed by atoms with van der Waals surface area (Å²) in [6.07, 6.45) is 8.05. The third kappa shape index (κ3) is 7.18. The van der Waals surface area contributed by atoms with E-state index in [0.717, 1.165) is 17.3 Å². The lowest BCUT2D eigenvalue weighted by molar-refractivity contribution is 0.0110. The number of anilines is 2. The summed E-state index contributed by atoms with van der Waals surface area (Å²) in [6, 6.07) is 9.97. The number of pyridine rings is 1. The van der Waals surface area contributed by atoms with Crippen molar-refractivity contribution in [2.75, 3.05) is 18.4 Å². The van der Waals surface area contributed by atoms with Gasteiger partial charge in [0, 0.05) is 37.4 Å². The summed E-state index contributed by atoms with van der Waals surface area (Å²) in [4.78, 5) is 30.4. The number of hydrazone groups is 1. The van der Waals surface area contributed by atoms with E-state index in [9.17, 15) is 14.9 Å². The number of H-pyrrole nitrogens is 1. The van der Waals surface area contributed by atoms with Crippen LogP contribution in [0.15, 0.2) is 52.8 Å². The van der Waals surface area contributed by atoms with Crippen molar-refractivity contribution in [2.24, 2.45) is 5.10 Å². The number of ether oxygens (including phenoxy) is 1. The van der Waals surface area contributed by atoms with Gasteiger partial charge in [0.15, 0.2) is 5.82 Å². The largest absolute Gasteiger partial charge is 0.444 e. The fourth-order valence-corrected chi connectivity index (χ4v) is 5.46. The van der Waals surface area contributed by atoms with Crippen LogP contribution in [0.3, 0.4) is 0 Å². The van der Waals surface area contributed by atoms with E-state index in [4.69, 9.17) is 15.2 Å². The molecule has 5 rings (SSSR count). The zero-order valence-corrected chi connectivity index (χ0v) is 25.4. The molecule has 3 aromatic heterocycles. The van der Waals surface area contributed by atoms with Gasteiger partial charge in [-0.2, -0.15) is 15.5 Å². The fourth-order valence-electron chi connectivity index (χ4n) is 5.46. The Kier molecular flexibility index (Phi) is 8.93. The molecule has 1 aliphatic rings. The number of fused-ring (bicyclic) bond motifs is 1. The van der Waals surface area contributed by atoms with Crippen molar-refractivity contribution in [2.45, 2.75) is 64.3 Å². The Labute approximate surface area is 259 Å². The number of hydrogen-bond donors (Lipinski definition) is 4. The molecule has 1 fully saturated rings. The first-order valence-corrected chi connectivity index (χ1v) is 14.6. The van der Waals surface area contributed by atoms with Gasteiger partial charge in [-0.3, -0.25) is 9.48 Å². The van der Waals surface area contributed by atoms with Crippen LogP contribution in [0.25, 0.3) is 10.9 Å². The third-order valence-electron chi connectivity index (χ3n) is 7.46. The zero-order valence-electron chi connectivity index (χ0n) is 25.4. The summed E-state index contributed by atoms with van der Waals surface area (Å²) < 4.78 is 9.05. The normalized spacial score (nSPS) is 14.8. The molecular weight excluding hydrogens is 576 g/mol. The lowest BCUT2D eigenvalue weighted by Gasteiger charge is -2.41. The number of nitriles is 1. The van der Waals surface area contributed by atoms with E-state index in [1.807, 2.05) is 39.0 Å². The molecule has 1 saturated heterocycles. The first-order chi connectivity index (χ1) is 21.6. The molecule has 1 aliphatic heterocycles. The first kappa shape index (κ1) is 30.9. The molecule has 234 valence electrons. The molecular formula is C30H36N12O3. The molecule has 4 N–H and O–H groups in total. The standard InChI is InChI=1S/C30H36N12O3/c1-29(2,3)45-28(44)40-13-6-30(5-8-31,7-14-40)42-24-4-10-33-27(43)25(24)26(38-42)37-23-17-21(19-36-34-11-9-32)16-22(18-23)20-41-15-12-35-39-41/h4,9-12,15-18,32,36H,5-7,13-14,19-20H2,1-3H3,(H,33,43)(H,37,38)/b32-9?,34-11-. The summed E-state index contributed by atoms with van der Waals surface area (Å²) in [5, 5.41) is 37.6. The highest BCUT2D eigenvalue weighted by Crippen LogP contribution is 2.38. The number of carbonyl (C=O) groups excluding carboxylic acids is 1. The second-order valence-electron chi connectivity index (χ2n) is 11.9. The molecule has 0 unspecified atom stereocenters. The topological polar surface area (TPSA) is 195 Å². The maximum absolute atomic E-state index is 13.2. The van der Waals surface area contributed by atoms with Crippen molar-refractivity contribution in [1.82, 2.24) is 40.1 Å². The molecule has 1 amide bonds. The van der Waals surface area contributed by atoms with Gasteiger partial charge in [-0.15, -0.1) is 5.10 Å². The fraction of sp³-hybridized carbons (Fsp3) is 0.400. The van der Waals surface area contributed by atoms with Gasteiger partial charge < -0.3 is 30.8 Å². The molecule has 0 bridgehead atoms. The summed E-state index contributed by atoms with van der Waals surface area (Å²) in [5.41, 5.74) is 4.33. The molecule has 1 aromatic carbocycles.